The number of aromatic nitrogens is 3. The molecule has 0 saturated heterocycles. The van der Waals surface area contributed by atoms with E-state index in [-0.39, 0.29) is 11.7 Å². The fraction of sp³-hybridized carbons (Fsp3) is 0. The van der Waals surface area contributed by atoms with Crippen LogP contribution in [0.15, 0.2) is 42.5 Å². The number of nitrogens with one attached hydrogen (secondary N) is 2. The van der Waals surface area contributed by atoms with Gasteiger partial charge in [0.05, 0.1) is 5.69 Å². The predicted molar refractivity (Wildman–Crippen MR) is 69.9 cm³/mol. The molecule has 0 aliphatic carbocycles. The lowest BCUT2D eigenvalue weighted by atomic mass is 10.2. The summed E-state index contributed by atoms with van der Waals surface area (Å²) in [6.07, 6.45) is 0. The Bertz CT molecular complexity index is 751. The monoisotopic (exact) mass is 254 g/mol. The molecule has 2 aromatic carbocycles. The molecule has 6 nitrogen and oxygen atoms in total. The average Bonchev–Trinajstić information content (AvgIpc) is 2.88. The number of amides is 1. The molecule has 0 spiro atoms. The summed E-state index contributed by atoms with van der Waals surface area (Å²) in [5, 5.41) is 22.6. The molecule has 94 valence electrons. The van der Waals surface area contributed by atoms with Crippen molar-refractivity contribution in [1.29, 1.82) is 0 Å². The second-order valence-electron chi connectivity index (χ2n) is 4.00. The molecule has 3 rings (SSSR count). The number of carbonyl (C=O) groups excluding carboxylic acids is 1. The summed E-state index contributed by atoms with van der Waals surface area (Å²) in [6, 6.07) is 11.5. The van der Waals surface area contributed by atoms with Crippen molar-refractivity contribution in [3.8, 4) is 5.75 Å². The molecule has 1 amide bonds. The summed E-state index contributed by atoms with van der Waals surface area (Å²) in [6.45, 7) is 0. The molecule has 0 atom stereocenters. The van der Waals surface area contributed by atoms with Gasteiger partial charge in [0, 0.05) is 5.56 Å². The van der Waals surface area contributed by atoms with Crippen LogP contribution in [-0.4, -0.2) is 26.4 Å². The Kier molecular flexibility index (Phi) is 2.60. The highest BCUT2D eigenvalue weighted by Crippen LogP contribution is 2.22. The zero-order valence-electron chi connectivity index (χ0n) is 9.79. The highest BCUT2D eigenvalue weighted by Gasteiger charge is 2.10. The van der Waals surface area contributed by atoms with E-state index in [1.807, 2.05) is 0 Å². The zero-order chi connectivity index (χ0) is 13.2. The number of phenolic OH excluding ortho intramolecular Hbond substituents is 1. The number of aromatic amines is 1. The van der Waals surface area contributed by atoms with Crippen LogP contribution in [0.2, 0.25) is 0 Å². The minimum absolute atomic E-state index is 0.0263. The third-order valence-corrected chi connectivity index (χ3v) is 2.73. The molecule has 3 aromatic rings. The maximum atomic E-state index is 12.1. The van der Waals surface area contributed by atoms with Crippen LogP contribution in [-0.2, 0) is 0 Å². The molecule has 0 bridgehead atoms. The van der Waals surface area contributed by atoms with Crippen molar-refractivity contribution in [2.45, 2.75) is 0 Å². The van der Waals surface area contributed by atoms with Crippen molar-refractivity contribution in [3.63, 3.8) is 0 Å². The van der Waals surface area contributed by atoms with Crippen LogP contribution in [0.1, 0.15) is 10.4 Å². The largest absolute Gasteiger partial charge is 0.506 e. The van der Waals surface area contributed by atoms with Gasteiger partial charge in [-0.2, -0.15) is 15.4 Å². The number of para-hydroxylation sites is 2. The van der Waals surface area contributed by atoms with E-state index in [4.69, 9.17) is 0 Å². The van der Waals surface area contributed by atoms with Gasteiger partial charge in [-0.25, -0.2) is 0 Å². The molecular weight excluding hydrogens is 244 g/mol. The number of carbonyl (C=O) groups is 1. The van der Waals surface area contributed by atoms with Crippen molar-refractivity contribution in [3.05, 3.63) is 48.0 Å². The van der Waals surface area contributed by atoms with Gasteiger partial charge in [0.25, 0.3) is 5.91 Å². The lowest BCUT2D eigenvalue weighted by Gasteiger charge is -2.06. The minimum atomic E-state index is -0.314. The number of benzene rings is 2. The van der Waals surface area contributed by atoms with E-state index in [2.05, 4.69) is 20.7 Å². The van der Waals surface area contributed by atoms with Crippen molar-refractivity contribution in [1.82, 2.24) is 15.4 Å². The first-order chi connectivity index (χ1) is 9.24. The highest BCUT2D eigenvalue weighted by molar-refractivity contribution is 6.06. The van der Waals surface area contributed by atoms with Gasteiger partial charge in [0.15, 0.2) is 0 Å². The Morgan fingerprint density at radius 1 is 1.11 bits per heavy atom. The van der Waals surface area contributed by atoms with Gasteiger partial charge in [-0.3, -0.25) is 4.79 Å². The lowest BCUT2D eigenvalue weighted by molar-refractivity contribution is 0.102. The second kappa shape index (κ2) is 4.41. The molecule has 0 aliphatic rings. The summed E-state index contributed by atoms with van der Waals surface area (Å²) < 4.78 is 0. The number of nitrogens with zero attached hydrogens (tertiary/aromatic N) is 2. The second-order valence-corrected chi connectivity index (χ2v) is 4.00. The number of aromatic hydroxyl groups is 1. The number of hydrogen-bond donors (Lipinski definition) is 3. The smallest absolute Gasteiger partial charge is 0.255 e. The lowest BCUT2D eigenvalue weighted by Crippen LogP contribution is -2.11. The van der Waals surface area contributed by atoms with E-state index in [9.17, 15) is 9.90 Å². The number of rotatable bonds is 2. The normalized spacial score (nSPS) is 10.5. The minimum Gasteiger partial charge on any atom is -0.506 e. The van der Waals surface area contributed by atoms with E-state index < -0.39 is 0 Å². The Morgan fingerprint density at radius 3 is 2.74 bits per heavy atom. The van der Waals surface area contributed by atoms with Crippen LogP contribution in [0.3, 0.4) is 0 Å². The molecule has 19 heavy (non-hydrogen) atoms. The number of phenols is 1. The summed E-state index contributed by atoms with van der Waals surface area (Å²) in [4.78, 5) is 12.1. The molecule has 3 N–H and O–H groups in total. The Balaban J connectivity index is 1.89. The summed E-state index contributed by atoms with van der Waals surface area (Å²) in [7, 11) is 0. The van der Waals surface area contributed by atoms with Gasteiger partial charge < -0.3 is 10.4 Å². The quantitative estimate of drug-likeness (QED) is 0.609. The third-order valence-electron chi connectivity index (χ3n) is 2.73. The third kappa shape index (κ3) is 2.11. The first-order valence-corrected chi connectivity index (χ1v) is 5.64. The molecule has 0 fully saturated rings. The fourth-order valence-electron chi connectivity index (χ4n) is 1.76. The molecule has 0 radical (unpaired) electrons. The number of fused-ring (bicyclic) bond motifs is 1. The standard InChI is InChI=1S/C13H10N4O2/c18-12-4-2-1-3-10(12)14-13(19)8-5-6-9-11(7-8)16-17-15-9/h1-7,18H,(H,14,19)(H,15,16,17). The molecule has 0 unspecified atom stereocenters. The van der Waals surface area contributed by atoms with Crippen LogP contribution in [0.4, 0.5) is 5.69 Å². The van der Waals surface area contributed by atoms with Crippen molar-refractivity contribution < 1.29 is 9.90 Å². The van der Waals surface area contributed by atoms with E-state index >= 15 is 0 Å². The summed E-state index contributed by atoms with van der Waals surface area (Å²) >= 11 is 0. The average molecular weight is 254 g/mol. The van der Waals surface area contributed by atoms with Crippen LogP contribution in [0.25, 0.3) is 11.0 Å². The van der Waals surface area contributed by atoms with Gasteiger partial charge in [-0.15, -0.1) is 0 Å². The van der Waals surface area contributed by atoms with E-state index in [0.717, 1.165) is 0 Å². The number of anilines is 1. The van der Waals surface area contributed by atoms with E-state index in [0.29, 0.717) is 22.3 Å². The maximum Gasteiger partial charge on any atom is 0.255 e. The summed E-state index contributed by atoms with van der Waals surface area (Å²) in [5.74, 6) is -0.287. The summed E-state index contributed by atoms with van der Waals surface area (Å²) in [5.41, 5.74) is 2.13. The van der Waals surface area contributed by atoms with E-state index in [1.165, 1.54) is 6.07 Å². The Morgan fingerprint density at radius 2 is 1.89 bits per heavy atom. The van der Waals surface area contributed by atoms with Gasteiger partial charge >= 0.3 is 0 Å². The SMILES string of the molecule is O=C(Nc1ccccc1O)c1ccc2n[nH]nc2c1. The van der Waals surface area contributed by atoms with E-state index in [1.54, 1.807) is 36.4 Å². The molecule has 0 aliphatic heterocycles. The first kappa shape index (κ1) is 11.2. The zero-order valence-corrected chi connectivity index (χ0v) is 9.79. The number of hydrogen-bond acceptors (Lipinski definition) is 4. The predicted octanol–water partition coefficient (Wildman–Crippen LogP) is 1.92. The van der Waals surface area contributed by atoms with Crippen molar-refractivity contribution in [2.24, 2.45) is 0 Å². The van der Waals surface area contributed by atoms with Crippen molar-refractivity contribution in [2.75, 3.05) is 5.32 Å². The molecule has 1 aromatic heterocycles. The number of H-pyrrole nitrogens is 1. The van der Waals surface area contributed by atoms with Crippen LogP contribution < -0.4 is 5.32 Å². The fourth-order valence-corrected chi connectivity index (χ4v) is 1.76. The Hall–Kier alpha value is -2.89. The highest BCUT2D eigenvalue weighted by atomic mass is 16.3. The van der Waals surface area contributed by atoms with Crippen LogP contribution in [0.5, 0.6) is 5.75 Å². The van der Waals surface area contributed by atoms with Crippen molar-refractivity contribution >= 4 is 22.6 Å². The molecule has 1 heterocycles. The van der Waals surface area contributed by atoms with Gasteiger partial charge in [-0.05, 0) is 30.3 Å². The van der Waals surface area contributed by atoms with Gasteiger partial charge in [0.2, 0.25) is 0 Å². The first-order valence-electron chi connectivity index (χ1n) is 5.64. The maximum absolute atomic E-state index is 12.1. The van der Waals surface area contributed by atoms with Crippen LogP contribution in [0, 0.1) is 0 Å². The van der Waals surface area contributed by atoms with Gasteiger partial charge in [0.1, 0.15) is 16.8 Å². The molecule has 6 heteroatoms. The van der Waals surface area contributed by atoms with Crippen LogP contribution >= 0.6 is 0 Å². The Labute approximate surface area is 108 Å². The molecular formula is C13H10N4O2. The topological polar surface area (TPSA) is 90.9 Å². The van der Waals surface area contributed by atoms with Gasteiger partial charge in [-0.1, -0.05) is 12.1 Å². The molecule has 0 saturated carbocycles.